The fourth-order valence-corrected chi connectivity index (χ4v) is 2.49. The number of aliphatic hydroxyl groups excluding tert-OH is 1. The minimum absolute atomic E-state index is 0.250. The fraction of sp³-hybridized carbons (Fsp3) is 0.167. The van der Waals surface area contributed by atoms with Crippen molar-refractivity contribution in [2.24, 2.45) is 0 Å². The molecular weight excluding hydrogens is 324 g/mol. The number of hydrogen-bond acceptors (Lipinski definition) is 5. The van der Waals surface area contributed by atoms with Crippen molar-refractivity contribution < 1.29 is 24.3 Å². The third-order valence-corrected chi connectivity index (χ3v) is 3.81. The Bertz CT molecular complexity index is 918. The second-order valence-electron chi connectivity index (χ2n) is 5.64. The molecule has 1 unspecified atom stereocenters. The monoisotopic (exact) mass is 340 g/mol. The number of benzene rings is 2. The minimum Gasteiger partial charge on any atom is -0.480 e. The quantitative estimate of drug-likeness (QED) is 0.655. The summed E-state index contributed by atoms with van der Waals surface area (Å²) in [4.78, 5) is 23.5. The predicted molar refractivity (Wildman–Crippen MR) is 90.0 cm³/mol. The molecule has 7 nitrogen and oxygen atoms in total. The number of carbonyl (C=O) groups is 2. The van der Waals surface area contributed by atoms with Crippen LogP contribution in [0.25, 0.3) is 22.2 Å². The molecule has 0 aliphatic carbocycles. The molecule has 0 aliphatic rings. The molecule has 1 heterocycles. The SMILES string of the molecule is CC(O)[C@@H](NC(=O)c1ccc2noc(-c3ccccc3)c2c1)C(=O)O. The van der Waals surface area contributed by atoms with Crippen LogP contribution in [0.4, 0.5) is 0 Å². The number of carboxylic acid groups (broad SMARTS) is 1. The lowest BCUT2D eigenvalue weighted by Crippen LogP contribution is -2.47. The zero-order valence-electron chi connectivity index (χ0n) is 13.3. The smallest absolute Gasteiger partial charge is 0.328 e. The van der Waals surface area contributed by atoms with E-state index in [0.717, 1.165) is 5.56 Å². The topological polar surface area (TPSA) is 113 Å². The molecule has 1 amide bonds. The van der Waals surface area contributed by atoms with Crippen molar-refractivity contribution >= 4 is 22.8 Å². The Hall–Kier alpha value is -3.19. The maximum Gasteiger partial charge on any atom is 0.328 e. The molecule has 25 heavy (non-hydrogen) atoms. The van der Waals surface area contributed by atoms with Crippen molar-refractivity contribution in [1.82, 2.24) is 10.5 Å². The van der Waals surface area contributed by atoms with E-state index in [1.165, 1.54) is 13.0 Å². The van der Waals surface area contributed by atoms with Crippen molar-refractivity contribution in [1.29, 1.82) is 0 Å². The first-order chi connectivity index (χ1) is 12.0. The Morgan fingerprint density at radius 3 is 2.52 bits per heavy atom. The maximum atomic E-state index is 12.3. The molecule has 3 rings (SSSR count). The molecule has 0 spiro atoms. The zero-order valence-corrected chi connectivity index (χ0v) is 13.3. The van der Waals surface area contributed by atoms with Crippen LogP contribution in [0.3, 0.4) is 0 Å². The van der Waals surface area contributed by atoms with Gasteiger partial charge in [-0.2, -0.15) is 0 Å². The molecule has 0 fully saturated rings. The summed E-state index contributed by atoms with van der Waals surface area (Å²) in [6.45, 7) is 1.30. The Morgan fingerprint density at radius 2 is 1.88 bits per heavy atom. The first-order valence-corrected chi connectivity index (χ1v) is 7.64. The highest BCUT2D eigenvalue weighted by molar-refractivity contribution is 6.02. The summed E-state index contributed by atoms with van der Waals surface area (Å²) in [5, 5.41) is 25.5. The number of amides is 1. The Morgan fingerprint density at radius 1 is 1.16 bits per heavy atom. The van der Waals surface area contributed by atoms with Gasteiger partial charge < -0.3 is 20.1 Å². The molecule has 1 aromatic heterocycles. The summed E-state index contributed by atoms with van der Waals surface area (Å²) in [5.74, 6) is -1.38. The van der Waals surface area contributed by atoms with E-state index in [1.54, 1.807) is 12.1 Å². The van der Waals surface area contributed by atoms with Gasteiger partial charge in [-0.15, -0.1) is 0 Å². The van der Waals surface area contributed by atoms with Gasteiger partial charge in [0.15, 0.2) is 11.8 Å². The standard InChI is InChI=1S/C18H16N2O5/c1-10(21)15(18(23)24)19-17(22)12-7-8-14-13(9-12)16(25-20-14)11-5-3-2-4-6-11/h2-10,15,21H,1H3,(H,19,22)(H,23,24)/t10?,15-/m1/s1. The van der Waals surface area contributed by atoms with Crippen molar-refractivity contribution in [3.05, 3.63) is 54.1 Å². The van der Waals surface area contributed by atoms with Crippen LogP contribution >= 0.6 is 0 Å². The number of nitrogens with one attached hydrogen (secondary N) is 1. The molecule has 3 aromatic rings. The Kier molecular flexibility index (Phi) is 4.49. The van der Waals surface area contributed by atoms with Gasteiger partial charge in [0.05, 0.1) is 11.5 Å². The van der Waals surface area contributed by atoms with Gasteiger partial charge >= 0.3 is 5.97 Å². The summed E-state index contributed by atoms with van der Waals surface area (Å²) >= 11 is 0. The van der Waals surface area contributed by atoms with Gasteiger partial charge in [-0.3, -0.25) is 4.79 Å². The fourth-order valence-electron chi connectivity index (χ4n) is 2.49. The number of aromatic nitrogens is 1. The van der Waals surface area contributed by atoms with Gasteiger partial charge in [0.2, 0.25) is 0 Å². The number of carbonyl (C=O) groups excluding carboxylic acids is 1. The predicted octanol–water partition coefficient (Wildman–Crippen LogP) is 2.06. The molecule has 0 radical (unpaired) electrons. The summed E-state index contributed by atoms with van der Waals surface area (Å²) in [7, 11) is 0. The zero-order chi connectivity index (χ0) is 18.0. The van der Waals surface area contributed by atoms with Crippen LogP contribution in [0, 0.1) is 0 Å². The molecule has 7 heteroatoms. The third-order valence-electron chi connectivity index (χ3n) is 3.81. The largest absolute Gasteiger partial charge is 0.480 e. The molecule has 0 bridgehead atoms. The lowest BCUT2D eigenvalue weighted by Gasteiger charge is -2.16. The second kappa shape index (κ2) is 6.74. The summed E-state index contributed by atoms with van der Waals surface area (Å²) in [5.41, 5.74) is 1.65. The number of rotatable bonds is 5. The molecule has 128 valence electrons. The van der Waals surface area contributed by atoms with Crippen molar-refractivity contribution in [2.75, 3.05) is 0 Å². The molecule has 0 saturated carbocycles. The van der Waals surface area contributed by atoms with Gasteiger partial charge in [-0.1, -0.05) is 35.5 Å². The van der Waals surface area contributed by atoms with Crippen LogP contribution in [0.2, 0.25) is 0 Å². The lowest BCUT2D eigenvalue weighted by molar-refractivity contribution is -0.141. The first kappa shape index (κ1) is 16.7. The van der Waals surface area contributed by atoms with Crippen LogP contribution in [-0.2, 0) is 4.79 Å². The highest BCUT2D eigenvalue weighted by Gasteiger charge is 2.25. The molecule has 2 aromatic carbocycles. The molecule has 3 N–H and O–H groups in total. The Labute approximate surface area is 142 Å². The van der Waals surface area contributed by atoms with E-state index in [4.69, 9.17) is 9.63 Å². The van der Waals surface area contributed by atoms with Gasteiger partial charge in [0, 0.05) is 11.1 Å². The number of carboxylic acids is 1. The van der Waals surface area contributed by atoms with Crippen LogP contribution in [0.1, 0.15) is 17.3 Å². The van der Waals surface area contributed by atoms with Crippen LogP contribution < -0.4 is 5.32 Å². The average molecular weight is 340 g/mol. The molecule has 2 atom stereocenters. The van der Waals surface area contributed by atoms with Crippen LogP contribution in [0.15, 0.2) is 53.1 Å². The van der Waals surface area contributed by atoms with Crippen LogP contribution in [-0.4, -0.2) is 39.4 Å². The van der Waals surface area contributed by atoms with E-state index in [9.17, 15) is 14.7 Å². The highest BCUT2D eigenvalue weighted by Crippen LogP contribution is 2.29. The minimum atomic E-state index is -1.39. The van der Waals surface area contributed by atoms with Crippen molar-refractivity contribution in [3.63, 3.8) is 0 Å². The lowest BCUT2D eigenvalue weighted by atomic mass is 10.1. The summed E-state index contributed by atoms with van der Waals surface area (Å²) in [6.07, 6.45) is -1.22. The van der Waals surface area contributed by atoms with E-state index in [-0.39, 0.29) is 5.56 Å². The van der Waals surface area contributed by atoms with E-state index in [2.05, 4.69) is 10.5 Å². The maximum absolute atomic E-state index is 12.3. The number of hydrogen-bond donors (Lipinski definition) is 3. The van der Waals surface area contributed by atoms with Crippen molar-refractivity contribution in [3.8, 4) is 11.3 Å². The second-order valence-corrected chi connectivity index (χ2v) is 5.64. The number of aliphatic carboxylic acids is 1. The molecule has 0 aliphatic heterocycles. The number of aliphatic hydroxyl groups is 1. The van der Waals surface area contributed by atoms with E-state index in [0.29, 0.717) is 16.7 Å². The van der Waals surface area contributed by atoms with E-state index < -0.39 is 24.0 Å². The molecule has 0 saturated heterocycles. The first-order valence-electron chi connectivity index (χ1n) is 7.64. The van der Waals surface area contributed by atoms with Gasteiger partial charge in [0.1, 0.15) is 5.52 Å². The Balaban J connectivity index is 1.95. The van der Waals surface area contributed by atoms with E-state index >= 15 is 0 Å². The van der Waals surface area contributed by atoms with Gasteiger partial charge in [-0.05, 0) is 25.1 Å². The molecular formula is C18H16N2O5. The third kappa shape index (κ3) is 3.36. The summed E-state index contributed by atoms with van der Waals surface area (Å²) < 4.78 is 5.38. The van der Waals surface area contributed by atoms with Gasteiger partial charge in [-0.25, -0.2) is 4.79 Å². The van der Waals surface area contributed by atoms with Crippen LogP contribution in [0.5, 0.6) is 0 Å². The van der Waals surface area contributed by atoms with E-state index in [1.807, 2.05) is 30.3 Å². The summed E-state index contributed by atoms with van der Waals surface area (Å²) in [6, 6.07) is 12.7. The highest BCUT2D eigenvalue weighted by atomic mass is 16.5. The average Bonchev–Trinajstić information content (AvgIpc) is 3.02. The number of fused-ring (bicyclic) bond motifs is 1. The van der Waals surface area contributed by atoms with Gasteiger partial charge in [0.25, 0.3) is 5.91 Å². The normalized spacial score (nSPS) is 13.4. The van der Waals surface area contributed by atoms with Crippen molar-refractivity contribution in [2.45, 2.75) is 19.1 Å². The number of nitrogens with zero attached hydrogens (tertiary/aromatic N) is 1.